The van der Waals surface area contributed by atoms with Crippen LogP contribution in [0.3, 0.4) is 0 Å². The van der Waals surface area contributed by atoms with Crippen molar-refractivity contribution in [3.8, 4) is 23.8 Å². The van der Waals surface area contributed by atoms with Crippen LogP contribution in [0.5, 0.6) is 11.5 Å². The van der Waals surface area contributed by atoms with Crippen LogP contribution in [0.15, 0.2) is 24.3 Å². The van der Waals surface area contributed by atoms with E-state index >= 15 is 0 Å². The molecule has 0 aromatic heterocycles. The van der Waals surface area contributed by atoms with E-state index in [-0.39, 0.29) is 6.42 Å². The Morgan fingerprint density at radius 3 is 2.19 bits per heavy atom. The third-order valence-electron chi connectivity index (χ3n) is 5.49. The van der Waals surface area contributed by atoms with Gasteiger partial charge in [-0.15, -0.1) is 12.3 Å². The smallest absolute Gasteiger partial charge is 0.325 e. The molecule has 0 saturated carbocycles. The number of esters is 2. The van der Waals surface area contributed by atoms with Crippen molar-refractivity contribution in [3.63, 3.8) is 0 Å². The molecule has 0 radical (unpaired) electrons. The Labute approximate surface area is 216 Å². The number of carbonyl (C=O) groups is 2. The number of terminal acetylenes is 1. The zero-order valence-corrected chi connectivity index (χ0v) is 21.9. The summed E-state index contributed by atoms with van der Waals surface area (Å²) < 4.78 is 39.2. The van der Waals surface area contributed by atoms with Crippen molar-refractivity contribution in [2.24, 2.45) is 0 Å². The van der Waals surface area contributed by atoms with Crippen LogP contribution < -0.4 is 9.47 Å². The molecule has 1 aromatic carbocycles. The Hall–Kier alpha value is -2.61. The highest BCUT2D eigenvalue weighted by Crippen LogP contribution is 2.38. The molecule has 3 N–H and O–H groups in total. The number of ether oxygens (including phenoxy) is 5. The van der Waals surface area contributed by atoms with E-state index in [2.05, 4.69) is 5.92 Å². The number of hydrogen-bond donors (Lipinski definition) is 3. The Bertz CT molecular complexity index is 952. The highest BCUT2D eigenvalue weighted by atomic mass is 31.2. The highest BCUT2D eigenvalue weighted by molar-refractivity contribution is 7.51. The van der Waals surface area contributed by atoms with Gasteiger partial charge in [-0.3, -0.25) is 14.2 Å². The summed E-state index contributed by atoms with van der Waals surface area (Å²) in [5.74, 6) is 2.04. The molecule has 37 heavy (non-hydrogen) atoms. The van der Waals surface area contributed by atoms with Crippen LogP contribution in [0.2, 0.25) is 0 Å². The minimum absolute atomic E-state index is 0.259. The van der Waals surface area contributed by atoms with Gasteiger partial charge in [-0.05, 0) is 43.5 Å². The molecule has 12 heteroatoms. The summed E-state index contributed by atoms with van der Waals surface area (Å²) in [7, 11) is -4.40. The largest absolute Gasteiger partial charge is 0.494 e. The first-order valence-electron chi connectivity index (χ1n) is 12.1. The lowest BCUT2D eigenvalue weighted by atomic mass is 9.96. The van der Waals surface area contributed by atoms with E-state index in [1.54, 1.807) is 24.3 Å². The van der Waals surface area contributed by atoms with Gasteiger partial charge in [0.1, 0.15) is 17.6 Å². The SMILES string of the molecule is C#CCCCCCCOc1ccc(O[C@H]2O[C@H](CCP(=O)(O)O)[C@@H](O)[C@H](OC(C)=O)[C@@H]2OC(C)=O)cc1. The summed E-state index contributed by atoms with van der Waals surface area (Å²) >= 11 is 0. The van der Waals surface area contributed by atoms with Crippen LogP contribution in [0.1, 0.15) is 52.4 Å². The van der Waals surface area contributed by atoms with Crippen molar-refractivity contribution >= 4 is 19.5 Å². The number of unbranched alkanes of at least 4 members (excludes halogenated alkanes) is 4. The van der Waals surface area contributed by atoms with Gasteiger partial charge >= 0.3 is 19.5 Å². The van der Waals surface area contributed by atoms with E-state index in [1.807, 2.05) is 0 Å². The van der Waals surface area contributed by atoms with E-state index in [4.69, 9.17) is 30.1 Å². The van der Waals surface area contributed by atoms with Crippen molar-refractivity contribution in [3.05, 3.63) is 24.3 Å². The van der Waals surface area contributed by atoms with Crippen molar-refractivity contribution < 1.29 is 52.7 Å². The first kappa shape index (κ1) is 30.6. The minimum Gasteiger partial charge on any atom is -0.494 e. The summed E-state index contributed by atoms with van der Waals surface area (Å²) in [5.41, 5.74) is 0. The summed E-state index contributed by atoms with van der Waals surface area (Å²) in [6, 6.07) is 6.57. The van der Waals surface area contributed by atoms with Crippen LogP contribution in [-0.2, 0) is 28.4 Å². The third-order valence-corrected chi connectivity index (χ3v) is 6.33. The molecule has 206 valence electrons. The lowest BCUT2D eigenvalue weighted by Crippen LogP contribution is -2.61. The molecular weight excluding hydrogens is 507 g/mol. The predicted octanol–water partition coefficient (Wildman–Crippen LogP) is 2.54. The van der Waals surface area contributed by atoms with Crippen LogP contribution in [0.25, 0.3) is 0 Å². The molecule has 1 aliphatic rings. The molecule has 5 atom stereocenters. The second kappa shape index (κ2) is 15.0. The van der Waals surface area contributed by atoms with E-state index in [9.17, 15) is 29.0 Å². The minimum atomic E-state index is -4.40. The van der Waals surface area contributed by atoms with Gasteiger partial charge in [0.15, 0.2) is 6.10 Å². The Balaban J connectivity index is 2.09. The lowest BCUT2D eigenvalue weighted by Gasteiger charge is -2.43. The van der Waals surface area contributed by atoms with Crippen molar-refractivity contribution in [2.45, 2.75) is 83.1 Å². The van der Waals surface area contributed by atoms with Gasteiger partial charge in [0.05, 0.1) is 18.9 Å². The maximum atomic E-state index is 11.7. The molecule has 1 aliphatic heterocycles. The average molecular weight is 543 g/mol. The van der Waals surface area contributed by atoms with Crippen LogP contribution >= 0.6 is 7.60 Å². The normalized spacial score (nSPS) is 23.5. The van der Waals surface area contributed by atoms with Crippen LogP contribution in [0.4, 0.5) is 0 Å². The van der Waals surface area contributed by atoms with Gasteiger partial charge in [-0.1, -0.05) is 12.8 Å². The van der Waals surface area contributed by atoms with E-state index in [0.29, 0.717) is 18.1 Å². The topological polar surface area (TPSA) is 158 Å². The molecule has 0 amide bonds. The molecule has 0 spiro atoms. The Morgan fingerprint density at radius 1 is 1.00 bits per heavy atom. The molecule has 0 aliphatic carbocycles. The van der Waals surface area contributed by atoms with Crippen LogP contribution in [0, 0.1) is 12.3 Å². The second-order valence-electron chi connectivity index (χ2n) is 8.66. The Morgan fingerprint density at radius 2 is 1.59 bits per heavy atom. The molecular formula is C25H35O11P. The van der Waals surface area contributed by atoms with Gasteiger partial charge in [-0.2, -0.15) is 0 Å². The molecule has 2 rings (SSSR count). The van der Waals surface area contributed by atoms with E-state index in [1.165, 1.54) is 0 Å². The monoisotopic (exact) mass is 542 g/mol. The fourth-order valence-electron chi connectivity index (χ4n) is 3.78. The van der Waals surface area contributed by atoms with Crippen LogP contribution in [-0.4, -0.2) is 70.3 Å². The molecule has 0 bridgehead atoms. The molecule has 11 nitrogen and oxygen atoms in total. The predicted molar refractivity (Wildman–Crippen MR) is 132 cm³/mol. The first-order valence-corrected chi connectivity index (χ1v) is 13.9. The van der Waals surface area contributed by atoms with Gasteiger partial charge < -0.3 is 38.6 Å². The number of benzene rings is 1. The maximum absolute atomic E-state index is 11.7. The molecule has 1 fully saturated rings. The summed E-state index contributed by atoms with van der Waals surface area (Å²) in [4.78, 5) is 41.9. The van der Waals surface area contributed by atoms with Crippen molar-refractivity contribution in [2.75, 3.05) is 12.8 Å². The third kappa shape index (κ3) is 11.1. The number of aliphatic hydroxyl groups is 1. The molecule has 1 aromatic rings. The van der Waals surface area contributed by atoms with Gasteiger partial charge in [0, 0.05) is 20.3 Å². The number of hydrogen-bond acceptors (Lipinski definition) is 9. The number of aliphatic hydroxyl groups excluding tert-OH is 1. The fourth-order valence-corrected chi connectivity index (χ4v) is 4.37. The molecule has 0 unspecified atom stereocenters. The number of rotatable bonds is 14. The average Bonchev–Trinajstić information content (AvgIpc) is 2.81. The zero-order valence-electron chi connectivity index (χ0n) is 21.0. The molecule has 1 saturated heterocycles. The van der Waals surface area contributed by atoms with E-state index in [0.717, 1.165) is 46.0 Å². The van der Waals surface area contributed by atoms with Crippen molar-refractivity contribution in [1.82, 2.24) is 0 Å². The molecule has 1 heterocycles. The van der Waals surface area contributed by atoms with Crippen molar-refractivity contribution in [1.29, 1.82) is 0 Å². The van der Waals surface area contributed by atoms with E-state index < -0.39 is 56.4 Å². The standard InChI is InChI=1S/C25H35O11P/c1-4-5-6-7-8-9-15-32-19-10-12-20(13-11-19)35-25-24(34-18(3)27)23(33-17(2)26)22(28)21(36-25)14-16-37(29,30)31/h1,10-13,21-25,28H,5-9,14-16H2,2-3H3,(H2,29,30,31)/t21-,22-,23+,24+,25+/m1/s1. The zero-order chi connectivity index (χ0) is 27.4. The quantitative estimate of drug-likeness (QED) is 0.137. The first-order chi connectivity index (χ1) is 17.5. The van der Waals surface area contributed by atoms with Gasteiger partial charge in [0.25, 0.3) is 0 Å². The van der Waals surface area contributed by atoms with Gasteiger partial charge in [0.2, 0.25) is 12.4 Å². The lowest BCUT2D eigenvalue weighted by molar-refractivity contribution is -0.280. The highest BCUT2D eigenvalue weighted by Gasteiger charge is 2.50. The Kier molecular flexibility index (Phi) is 12.4. The fraction of sp³-hybridized carbons (Fsp3) is 0.600. The summed E-state index contributed by atoms with van der Waals surface area (Å²) in [6.45, 7) is 2.79. The maximum Gasteiger partial charge on any atom is 0.325 e. The number of carbonyl (C=O) groups excluding carboxylic acids is 2. The second-order valence-corrected chi connectivity index (χ2v) is 10.4. The van der Waals surface area contributed by atoms with Gasteiger partial charge in [-0.25, -0.2) is 0 Å². The summed E-state index contributed by atoms with van der Waals surface area (Å²) in [6.07, 6.45) is 2.36. The summed E-state index contributed by atoms with van der Waals surface area (Å²) in [5, 5.41) is 10.7.